The van der Waals surface area contributed by atoms with Crippen molar-refractivity contribution < 1.29 is 14.3 Å². The summed E-state index contributed by atoms with van der Waals surface area (Å²) in [5.41, 5.74) is 0.595. The van der Waals surface area contributed by atoms with Gasteiger partial charge in [-0.1, -0.05) is 0 Å². The monoisotopic (exact) mass is 229 g/mol. The minimum absolute atomic E-state index is 0.312. The molecule has 0 fully saturated rings. The van der Waals surface area contributed by atoms with Crippen LogP contribution in [0.3, 0.4) is 0 Å². The number of rotatable bonds is 3. The van der Waals surface area contributed by atoms with Gasteiger partial charge in [0, 0.05) is 6.61 Å². The number of imidazole rings is 1. The molecule has 0 aliphatic carbocycles. The van der Waals surface area contributed by atoms with E-state index >= 15 is 0 Å². The van der Waals surface area contributed by atoms with Gasteiger partial charge in [0.15, 0.2) is 0 Å². The molecule has 2 heterocycles. The number of hydrogen-bond donors (Lipinski definition) is 2. The molecule has 1 aliphatic heterocycles. The molecular weight excluding hydrogens is 218 g/mol. The molecule has 1 aromatic heterocycles. The molecule has 0 saturated heterocycles. The van der Waals surface area contributed by atoms with Crippen LogP contribution in [-0.2, 0) is 11.5 Å². The van der Waals surface area contributed by atoms with Crippen LogP contribution in [0.25, 0.3) is 0 Å². The fourth-order valence-corrected chi connectivity index (χ4v) is 1.55. The van der Waals surface area contributed by atoms with E-state index in [9.17, 15) is 4.79 Å². The van der Waals surface area contributed by atoms with E-state index in [1.165, 1.54) is 0 Å². The van der Waals surface area contributed by atoms with Crippen LogP contribution in [0, 0.1) is 0 Å². The fourth-order valence-electron chi connectivity index (χ4n) is 1.26. The van der Waals surface area contributed by atoms with Crippen molar-refractivity contribution in [1.29, 1.82) is 0 Å². The molecule has 0 bridgehead atoms. The standard InChI is InChI=1S/C8H11N3O3S/c1-2-13-4-11-3-9-5-6(15)10-8(12)14-7(5)11/h3,6,15H,2,4H2,1H3,(H,10,12). The van der Waals surface area contributed by atoms with Gasteiger partial charge in [0.1, 0.15) is 17.8 Å². The highest BCUT2D eigenvalue weighted by molar-refractivity contribution is 7.80. The quantitative estimate of drug-likeness (QED) is 0.756. The van der Waals surface area contributed by atoms with E-state index < -0.39 is 11.5 Å². The van der Waals surface area contributed by atoms with Crippen molar-refractivity contribution in [2.24, 2.45) is 0 Å². The number of aromatic nitrogens is 2. The molecule has 82 valence electrons. The lowest BCUT2D eigenvalue weighted by molar-refractivity contribution is 0.0814. The molecule has 0 aromatic carbocycles. The van der Waals surface area contributed by atoms with Crippen LogP contribution in [0.5, 0.6) is 5.88 Å². The van der Waals surface area contributed by atoms with Gasteiger partial charge in [-0.2, -0.15) is 0 Å². The van der Waals surface area contributed by atoms with Gasteiger partial charge >= 0.3 is 6.09 Å². The molecule has 0 saturated carbocycles. The van der Waals surface area contributed by atoms with Crippen molar-refractivity contribution in [2.45, 2.75) is 19.0 Å². The first-order valence-corrected chi connectivity index (χ1v) is 5.03. The third-order valence-corrected chi connectivity index (χ3v) is 2.33. The summed E-state index contributed by atoms with van der Waals surface area (Å²) in [6, 6.07) is 0. The second kappa shape index (κ2) is 4.11. The number of nitrogens with zero attached hydrogens (tertiary/aromatic N) is 2. The van der Waals surface area contributed by atoms with Gasteiger partial charge in [-0.15, -0.1) is 12.6 Å². The topological polar surface area (TPSA) is 65.4 Å². The van der Waals surface area contributed by atoms with Gasteiger partial charge in [-0.05, 0) is 6.92 Å². The number of ether oxygens (including phenoxy) is 2. The predicted molar refractivity (Wildman–Crippen MR) is 54.7 cm³/mol. The zero-order chi connectivity index (χ0) is 10.8. The SMILES string of the molecule is CCOCn1cnc2c1OC(=O)NC2S. The zero-order valence-electron chi connectivity index (χ0n) is 8.14. The number of hydrogen-bond acceptors (Lipinski definition) is 5. The molecule has 1 atom stereocenters. The Hall–Kier alpha value is -1.21. The Labute approximate surface area is 92.0 Å². The van der Waals surface area contributed by atoms with E-state index in [-0.39, 0.29) is 0 Å². The van der Waals surface area contributed by atoms with Crippen molar-refractivity contribution in [3.63, 3.8) is 0 Å². The average Bonchev–Trinajstić information content (AvgIpc) is 2.58. The predicted octanol–water partition coefficient (Wildman–Crippen LogP) is 0.907. The van der Waals surface area contributed by atoms with Crippen LogP contribution in [0.1, 0.15) is 18.0 Å². The Kier molecular flexibility index (Phi) is 2.83. The Bertz CT molecular complexity index is 379. The molecule has 1 aromatic rings. The highest BCUT2D eigenvalue weighted by Crippen LogP contribution is 2.29. The van der Waals surface area contributed by atoms with Crippen LogP contribution < -0.4 is 10.1 Å². The summed E-state index contributed by atoms with van der Waals surface area (Å²) < 4.78 is 11.8. The number of nitrogens with one attached hydrogen (secondary N) is 1. The molecule has 7 heteroatoms. The first-order valence-electron chi connectivity index (χ1n) is 4.51. The summed E-state index contributed by atoms with van der Waals surface area (Å²) in [5, 5.41) is 2.06. The summed E-state index contributed by atoms with van der Waals surface area (Å²) in [7, 11) is 0. The third-order valence-electron chi connectivity index (χ3n) is 1.95. The molecule has 2 rings (SSSR count). The second-order valence-electron chi connectivity index (χ2n) is 2.96. The minimum atomic E-state index is -0.527. The maximum absolute atomic E-state index is 11.1. The van der Waals surface area contributed by atoms with E-state index in [0.717, 1.165) is 0 Å². The van der Waals surface area contributed by atoms with Crippen LogP contribution in [0.15, 0.2) is 6.33 Å². The van der Waals surface area contributed by atoms with Crippen LogP contribution >= 0.6 is 12.6 Å². The van der Waals surface area contributed by atoms with E-state index in [0.29, 0.717) is 24.9 Å². The first-order chi connectivity index (χ1) is 7.22. The van der Waals surface area contributed by atoms with Gasteiger partial charge < -0.3 is 14.8 Å². The van der Waals surface area contributed by atoms with Crippen LogP contribution in [0.4, 0.5) is 4.79 Å². The highest BCUT2D eigenvalue weighted by atomic mass is 32.1. The van der Waals surface area contributed by atoms with E-state index in [4.69, 9.17) is 9.47 Å². The molecule has 1 N–H and O–H groups in total. The molecule has 1 unspecified atom stereocenters. The maximum atomic E-state index is 11.1. The third kappa shape index (κ3) is 1.93. The Balaban J connectivity index is 2.24. The summed E-state index contributed by atoms with van der Waals surface area (Å²) >= 11 is 4.18. The molecule has 0 spiro atoms. The zero-order valence-corrected chi connectivity index (χ0v) is 9.03. The Morgan fingerprint density at radius 1 is 1.80 bits per heavy atom. The van der Waals surface area contributed by atoms with Gasteiger partial charge in [-0.3, -0.25) is 4.57 Å². The number of amides is 1. The van der Waals surface area contributed by atoms with Gasteiger partial charge in [0.05, 0.1) is 6.33 Å². The smallest absolute Gasteiger partial charge is 0.391 e. The second-order valence-corrected chi connectivity index (χ2v) is 3.48. The lowest BCUT2D eigenvalue weighted by Crippen LogP contribution is -2.34. The van der Waals surface area contributed by atoms with Gasteiger partial charge in [0.2, 0.25) is 5.88 Å². The lowest BCUT2D eigenvalue weighted by Gasteiger charge is -2.19. The molecule has 1 amide bonds. The highest BCUT2D eigenvalue weighted by Gasteiger charge is 2.28. The Morgan fingerprint density at radius 3 is 3.33 bits per heavy atom. The van der Waals surface area contributed by atoms with Crippen LogP contribution in [0.2, 0.25) is 0 Å². The molecule has 0 radical (unpaired) electrons. The number of fused-ring (bicyclic) bond motifs is 1. The molecule has 15 heavy (non-hydrogen) atoms. The Morgan fingerprint density at radius 2 is 2.60 bits per heavy atom. The average molecular weight is 229 g/mol. The number of thiol groups is 1. The normalized spacial score (nSPS) is 19.3. The van der Waals surface area contributed by atoms with Crippen molar-refractivity contribution in [3.8, 4) is 5.88 Å². The fraction of sp³-hybridized carbons (Fsp3) is 0.500. The minimum Gasteiger partial charge on any atom is -0.391 e. The van der Waals surface area contributed by atoms with E-state index in [1.54, 1.807) is 10.9 Å². The summed E-state index contributed by atoms with van der Waals surface area (Å²) in [4.78, 5) is 15.2. The van der Waals surface area contributed by atoms with Crippen molar-refractivity contribution in [1.82, 2.24) is 14.9 Å². The maximum Gasteiger partial charge on any atom is 0.415 e. The van der Waals surface area contributed by atoms with Crippen LogP contribution in [-0.4, -0.2) is 22.3 Å². The largest absolute Gasteiger partial charge is 0.415 e. The van der Waals surface area contributed by atoms with E-state index in [2.05, 4.69) is 22.9 Å². The van der Waals surface area contributed by atoms with Gasteiger partial charge in [-0.25, -0.2) is 9.78 Å². The lowest BCUT2D eigenvalue weighted by atomic mass is 10.4. The van der Waals surface area contributed by atoms with Gasteiger partial charge in [0.25, 0.3) is 0 Å². The molecule has 6 nitrogen and oxygen atoms in total. The summed E-state index contributed by atoms with van der Waals surface area (Å²) in [6.45, 7) is 2.79. The number of carbonyl (C=O) groups excluding carboxylic acids is 1. The van der Waals surface area contributed by atoms with E-state index in [1.807, 2.05) is 6.92 Å². The van der Waals surface area contributed by atoms with Crippen molar-refractivity contribution >= 4 is 18.7 Å². The first kappa shape index (κ1) is 10.3. The molecule has 1 aliphatic rings. The summed E-state index contributed by atoms with van der Waals surface area (Å²) in [5.74, 6) is 0.396. The van der Waals surface area contributed by atoms with Crippen molar-refractivity contribution in [3.05, 3.63) is 12.0 Å². The summed E-state index contributed by atoms with van der Waals surface area (Å²) in [6.07, 6.45) is 1.03. The molecular formula is C8H11N3O3S. The number of carbonyl (C=O) groups is 1. The van der Waals surface area contributed by atoms with Crippen molar-refractivity contribution in [2.75, 3.05) is 6.61 Å².